The van der Waals surface area contributed by atoms with Crippen LogP contribution in [0.1, 0.15) is 32.0 Å². The van der Waals surface area contributed by atoms with Crippen LogP contribution in [0.15, 0.2) is 46.9 Å². The van der Waals surface area contributed by atoms with Gasteiger partial charge in [-0.15, -0.1) is 11.3 Å². The Kier molecular flexibility index (Phi) is 4.95. The lowest BCUT2D eigenvalue weighted by atomic mass is 10.2. The van der Waals surface area contributed by atoms with E-state index in [4.69, 9.17) is 9.15 Å². The SMILES string of the molecule is CC(=O)NCc1ccc(C(=O)COC(=O)c2cc3ccccc3o2)s1. The topological polar surface area (TPSA) is 85.6 Å². The number of benzene rings is 1. The number of nitrogens with one attached hydrogen (secondary N) is 1. The van der Waals surface area contributed by atoms with Crippen molar-refractivity contribution in [3.05, 3.63) is 58.0 Å². The van der Waals surface area contributed by atoms with Crippen LogP contribution in [0.5, 0.6) is 0 Å². The molecular weight excluding hydrogens is 342 g/mol. The number of thiophene rings is 1. The first-order valence-corrected chi connectivity index (χ1v) is 8.36. The number of rotatable bonds is 6. The van der Waals surface area contributed by atoms with E-state index < -0.39 is 5.97 Å². The minimum Gasteiger partial charge on any atom is -0.451 e. The van der Waals surface area contributed by atoms with Crippen LogP contribution in [0.4, 0.5) is 0 Å². The summed E-state index contributed by atoms with van der Waals surface area (Å²) in [7, 11) is 0. The van der Waals surface area contributed by atoms with Crippen molar-refractivity contribution in [3.63, 3.8) is 0 Å². The predicted molar refractivity (Wildman–Crippen MR) is 92.7 cm³/mol. The predicted octanol–water partition coefficient (Wildman–Crippen LogP) is 3.17. The molecule has 3 rings (SSSR count). The molecule has 0 unspecified atom stereocenters. The van der Waals surface area contributed by atoms with Gasteiger partial charge in [0, 0.05) is 17.2 Å². The van der Waals surface area contributed by atoms with Gasteiger partial charge in [0.25, 0.3) is 0 Å². The molecule has 0 bridgehead atoms. The van der Waals surface area contributed by atoms with E-state index in [-0.39, 0.29) is 24.1 Å². The van der Waals surface area contributed by atoms with Crippen LogP contribution in [-0.4, -0.2) is 24.3 Å². The number of ether oxygens (including phenoxy) is 1. The normalized spacial score (nSPS) is 10.6. The molecule has 0 saturated carbocycles. The molecule has 0 aliphatic heterocycles. The number of Topliss-reactive ketones (excluding diaryl/α,β-unsaturated/α-hetero) is 1. The van der Waals surface area contributed by atoms with Gasteiger partial charge in [-0.2, -0.15) is 0 Å². The quantitative estimate of drug-likeness (QED) is 0.541. The van der Waals surface area contributed by atoms with Crippen molar-refractivity contribution < 1.29 is 23.5 Å². The van der Waals surface area contributed by atoms with Crippen LogP contribution < -0.4 is 5.32 Å². The molecular formula is C18H15NO5S. The average Bonchev–Trinajstić information content (AvgIpc) is 3.24. The standard InChI is InChI=1S/C18H15NO5S/c1-11(20)19-9-13-6-7-17(25-13)14(21)10-23-18(22)16-8-12-4-2-3-5-15(12)24-16/h2-8H,9-10H2,1H3,(H,19,20). The smallest absolute Gasteiger partial charge is 0.374 e. The second kappa shape index (κ2) is 7.31. The van der Waals surface area contributed by atoms with Gasteiger partial charge in [0.05, 0.1) is 11.4 Å². The molecule has 3 aromatic rings. The Labute approximate surface area is 147 Å². The molecule has 7 heteroatoms. The van der Waals surface area contributed by atoms with Crippen molar-refractivity contribution in [1.82, 2.24) is 5.32 Å². The number of fused-ring (bicyclic) bond motifs is 1. The highest BCUT2D eigenvalue weighted by Gasteiger charge is 2.17. The summed E-state index contributed by atoms with van der Waals surface area (Å²) >= 11 is 1.26. The van der Waals surface area contributed by atoms with E-state index in [0.29, 0.717) is 17.0 Å². The van der Waals surface area contributed by atoms with Gasteiger partial charge < -0.3 is 14.5 Å². The first kappa shape index (κ1) is 16.9. The number of ketones is 1. The van der Waals surface area contributed by atoms with Crippen molar-refractivity contribution >= 4 is 40.0 Å². The van der Waals surface area contributed by atoms with E-state index in [9.17, 15) is 14.4 Å². The van der Waals surface area contributed by atoms with Crippen molar-refractivity contribution in [2.24, 2.45) is 0 Å². The van der Waals surface area contributed by atoms with E-state index in [2.05, 4.69) is 5.32 Å². The Morgan fingerprint density at radius 3 is 2.72 bits per heavy atom. The van der Waals surface area contributed by atoms with Crippen LogP contribution in [0.3, 0.4) is 0 Å². The Balaban J connectivity index is 1.58. The number of furan rings is 1. The highest BCUT2D eigenvalue weighted by molar-refractivity contribution is 7.14. The lowest BCUT2D eigenvalue weighted by Gasteiger charge is -2.01. The summed E-state index contributed by atoms with van der Waals surface area (Å²) in [4.78, 5) is 36.4. The van der Waals surface area contributed by atoms with Gasteiger partial charge in [0.15, 0.2) is 6.61 Å². The summed E-state index contributed by atoms with van der Waals surface area (Å²) in [5, 5.41) is 3.45. The third kappa shape index (κ3) is 4.13. The van der Waals surface area contributed by atoms with E-state index in [1.54, 1.807) is 30.3 Å². The lowest BCUT2D eigenvalue weighted by Crippen LogP contribution is -2.18. The molecule has 0 fully saturated rings. The summed E-state index contributed by atoms with van der Waals surface area (Å²) in [5.41, 5.74) is 0.585. The van der Waals surface area contributed by atoms with Gasteiger partial charge in [0.2, 0.25) is 17.5 Å². The molecule has 2 heterocycles. The summed E-state index contributed by atoms with van der Waals surface area (Å²) in [6.45, 7) is 1.43. The summed E-state index contributed by atoms with van der Waals surface area (Å²) < 4.78 is 10.4. The monoisotopic (exact) mass is 357 g/mol. The lowest BCUT2D eigenvalue weighted by molar-refractivity contribution is -0.119. The summed E-state index contributed by atoms with van der Waals surface area (Å²) in [5.74, 6) is -1.06. The van der Waals surface area contributed by atoms with Crippen molar-refractivity contribution in [1.29, 1.82) is 0 Å². The number of hydrogen-bond donors (Lipinski definition) is 1. The minimum absolute atomic E-state index is 0.0616. The molecule has 0 aliphatic rings. The van der Waals surface area contributed by atoms with E-state index in [1.807, 2.05) is 12.1 Å². The molecule has 0 spiro atoms. The van der Waals surface area contributed by atoms with Crippen LogP contribution in [0.2, 0.25) is 0 Å². The zero-order chi connectivity index (χ0) is 17.8. The second-order valence-electron chi connectivity index (χ2n) is 5.32. The fourth-order valence-electron chi connectivity index (χ4n) is 2.19. The molecule has 2 aromatic heterocycles. The Bertz CT molecular complexity index is 907. The summed E-state index contributed by atoms with van der Waals surface area (Å²) in [6, 6.07) is 12.2. The number of amides is 1. The van der Waals surface area contributed by atoms with Crippen LogP contribution in [-0.2, 0) is 16.1 Å². The first-order valence-electron chi connectivity index (χ1n) is 7.55. The highest BCUT2D eigenvalue weighted by Crippen LogP contribution is 2.20. The second-order valence-corrected chi connectivity index (χ2v) is 6.49. The van der Waals surface area contributed by atoms with E-state index in [1.165, 1.54) is 18.3 Å². The van der Waals surface area contributed by atoms with Crippen molar-refractivity contribution in [3.8, 4) is 0 Å². The van der Waals surface area contributed by atoms with Crippen LogP contribution >= 0.6 is 11.3 Å². The molecule has 1 N–H and O–H groups in total. The largest absolute Gasteiger partial charge is 0.451 e. The van der Waals surface area contributed by atoms with Gasteiger partial charge >= 0.3 is 5.97 Å². The molecule has 0 aliphatic carbocycles. The third-order valence-electron chi connectivity index (χ3n) is 3.41. The number of esters is 1. The summed E-state index contributed by atoms with van der Waals surface area (Å²) in [6.07, 6.45) is 0. The fourth-order valence-corrected chi connectivity index (χ4v) is 3.06. The number of carbonyl (C=O) groups excluding carboxylic acids is 3. The van der Waals surface area contributed by atoms with Crippen molar-refractivity contribution in [2.75, 3.05) is 6.61 Å². The zero-order valence-electron chi connectivity index (χ0n) is 13.4. The van der Waals surface area contributed by atoms with Gasteiger partial charge in [-0.3, -0.25) is 9.59 Å². The number of para-hydroxylation sites is 1. The first-order chi connectivity index (χ1) is 12.0. The van der Waals surface area contributed by atoms with E-state index >= 15 is 0 Å². The van der Waals surface area contributed by atoms with Gasteiger partial charge in [-0.25, -0.2) is 4.79 Å². The highest BCUT2D eigenvalue weighted by atomic mass is 32.1. The Morgan fingerprint density at radius 1 is 1.16 bits per heavy atom. The fraction of sp³-hybridized carbons (Fsp3) is 0.167. The molecule has 0 saturated heterocycles. The maximum atomic E-state index is 12.1. The van der Waals surface area contributed by atoms with Gasteiger partial charge in [0.1, 0.15) is 5.58 Å². The zero-order valence-corrected chi connectivity index (χ0v) is 14.2. The van der Waals surface area contributed by atoms with Crippen molar-refractivity contribution in [2.45, 2.75) is 13.5 Å². The van der Waals surface area contributed by atoms with Gasteiger partial charge in [-0.05, 0) is 24.3 Å². The molecule has 6 nitrogen and oxygen atoms in total. The molecule has 25 heavy (non-hydrogen) atoms. The maximum absolute atomic E-state index is 12.1. The Hall–Kier alpha value is -2.93. The number of carbonyl (C=O) groups is 3. The molecule has 128 valence electrons. The van der Waals surface area contributed by atoms with Gasteiger partial charge in [-0.1, -0.05) is 18.2 Å². The van der Waals surface area contributed by atoms with Crippen LogP contribution in [0.25, 0.3) is 11.0 Å². The average molecular weight is 357 g/mol. The molecule has 1 amide bonds. The van der Waals surface area contributed by atoms with Crippen LogP contribution in [0, 0.1) is 0 Å². The Morgan fingerprint density at radius 2 is 1.96 bits per heavy atom. The molecule has 0 radical (unpaired) electrons. The molecule has 1 aromatic carbocycles. The molecule has 0 atom stereocenters. The minimum atomic E-state index is -0.681. The number of hydrogen-bond acceptors (Lipinski definition) is 6. The third-order valence-corrected chi connectivity index (χ3v) is 4.54. The maximum Gasteiger partial charge on any atom is 0.374 e. The van der Waals surface area contributed by atoms with E-state index in [0.717, 1.165) is 10.3 Å².